The Balaban J connectivity index is 1.80. The maximum absolute atomic E-state index is 4.90. The van der Waals surface area contributed by atoms with E-state index in [-0.39, 0.29) is 0 Å². The van der Waals surface area contributed by atoms with Gasteiger partial charge in [-0.1, -0.05) is 94.2 Å². The Morgan fingerprint density at radius 1 is 0.633 bits per heavy atom. The quantitative estimate of drug-likeness (QED) is 0.264. The Kier molecular flexibility index (Phi) is 6.45. The summed E-state index contributed by atoms with van der Waals surface area (Å²) in [6.07, 6.45) is 1.08. The smallest absolute Gasteiger partial charge is 0.160 e. The average molecular weight is 522 g/mol. The summed E-state index contributed by atoms with van der Waals surface area (Å²) in [7, 11) is 0. The van der Waals surface area contributed by atoms with E-state index in [4.69, 9.17) is 9.97 Å². The summed E-state index contributed by atoms with van der Waals surface area (Å²) in [5, 5.41) is 0. The van der Waals surface area contributed by atoms with Crippen LogP contribution in [-0.4, -0.2) is 9.97 Å². The van der Waals surface area contributed by atoms with Gasteiger partial charge >= 0.3 is 0 Å². The van der Waals surface area contributed by atoms with Gasteiger partial charge in [0.1, 0.15) is 0 Å². The van der Waals surface area contributed by atoms with E-state index in [1.807, 2.05) is 36.4 Å². The number of benzene rings is 3. The molecule has 30 heavy (non-hydrogen) atoms. The molecule has 0 aliphatic rings. The number of aromatic nitrogens is 2. The predicted octanol–water partition coefficient (Wildman–Crippen LogP) is 8.20. The first-order valence-electron chi connectivity index (χ1n) is 9.98. The molecule has 4 rings (SSSR count). The van der Waals surface area contributed by atoms with Crippen LogP contribution in [-0.2, 0) is 6.42 Å². The van der Waals surface area contributed by atoms with Crippen molar-refractivity contribution in [3.8, 4) is 33.9 Å². The molecule has 0 radical (unpaired) electrons. The minimum absolute atomic E-state index is 0.642. The van der Waals surface area contributed by atoms with E-state index in [1.165, 1.54) is 5.56 Å². The highest BCUT2D eigenvalue weighted by atomic mass is 79.9. The third kappa shape index (κ3) is 5.05. The van der Waals surface area contributed by atoms with Crippen LogP contribution < -0.4 is 0 Å². The highest BCUT2D eigenvalue weighted by Crippen LogP contribution is 2.29. The van der Waals surface area contributed by atoms with Gasteiger partial charge in [-0.15, -0.1) is 0 Å². The van der Waals surface area contributed by atoms with Gasteiger partial charge in [0, 0.05) is 25.6 Å². The third-order valence-corrected chi connectivity index (χ3v) is 5.92. The van der Waals surface area contributed by atoms with Crippen molar-refractivity contribution in [2.75, 3.05) is 0 Å². The summed E-state index contributed by atoms with van der Waals surface area (Å²) in [5.41, 5.74) is 6.35. The molecule has 0 aliphatic heterocycles. The fraction of sp³-hybridized carbons (Fsp3) is 0.154. The Morgan fingerprint density at radius 2 is 1.07 bits per heavy atom. The van der Waals surface area contributed by atoms with Crippen molar-refractivity contribution in [1.82, 2.24) is 9.97 Å². The van der Waals surface area contributed by atoms with Crippen molar-refractivity contribution in [2.45, 2.75) is 20.3 Å². The molecule has 0 amide bonds. The van der Waals surface area contributed by atoms with Crippen molar-refractivity contribution in [2.24, 2.45) is 5.92 Å². The molecule has 0 spiro atoms. The summed E-state index contributed by atoms with van der Waals surface area (Å²) in [6.45, 7) is 4.49. The maximum Gasteiger partial charge on any atom is 0.160 e. The minimum atomic E-state index is 0.642. The largest absolute Gasteiger partial charge is 0.228 e. The average Bonchev–Trinajstić information content (AvgIpc) is 2.74. The monoisotopic (exact) mass is 520 g/mol. The lowest BCUT2D eigenvalue weighted by molar-refractivity contribution is 0.647. The first-order valence-corrected chi connectivity index (χ1v) is 11.6. The second-order valence-electron chi connectivity index (χ2n) is 7.77. The molecule has 1 heterocycles. The van der Waals surface area contributed by atoms with Gasteiger partial charge in [-0.3, -0.25) is 0 Å². The van der Waals surface area contributed by atoms with E-state index >= 15 is 0 Å². The minimum Gasteiger partial charge on any atom is -0.228 e. The molecular weight excluding hydrogens is 500 g/mol. The molecule has 0 bridgehead atoms. The number of hydrogen-bond donors (Lipinski definition) is 0. The van der Waals surface area contributed by atoms with Crippen LogP contribution in [0.2, 0.25) is 0 Å². The molecule has 0 saturated carbocycles. The number of hydrogen-bond acceptors (Lipinski definition) is 2. The molecule has 0 N–H and O–H groups in total. The standard InChI is InChI=1S/C26H22Br2N2/c1-17(2)15-18-3-5-19(6-4-18)24-16-25(20-7-11-22(27)12-8-20)30-26(29-24)21-9-13-23(28)14-10-21/h3-14,16-17H,15H2,1-2H3. The van der Waals surface area contributed by atoms with Crippen LogP contribution >= 0.6 is 31.9 Å². The first-order chi connectivity index (χ1) is 14.5. The molecule has 150 valence electrons. The second-order valence-corrected chi connectivity index (χ2v) is 9.60. The van der Waals surface area contributed by atoms with Crippen molar-refractivity contribution < 1.29 is 0 Å². The van der Waals surface area contributed by atoms with Crippen molar-refractivity contribution in [3.63, 3.8) is 0 Å². The van der Waals surface area contributed by atoms with Crippen LogP contribution in [0.1, 0.15) is 19.4 Å². The maximum atomic E-state index is 4.90. The summed E-state index contributed by atoms with van der Waals surface area (Å²) < 4.78 is 2.09. The van der Waals surface area contributed by atoms with Crippen LogP contribution in [0.15, 0.2) is 87.8 Å². The zero-order valence-electron chi connectivity index (χ0n) is 16.9. The van der Waals surface area contributed by atoms with Gasteiger partial charge in [0.05, 0.1) is 11.4 Å². The summed E-state index contributed by atoms with van der Waals surface area (Å²) in [4.78, 5) is 9.78. The lowest BCUT2D eigenvalue weighted by atomic mass is 10.0. The summed E-state index contributed by atoms with van der Waals surface area (Å²) in [6, 6.07) is 27.2. The van der Waals surface area contributed by atoms with E-state index in [2.05, 4.69) is 88.2 Å². The molecule has 1 aromatic heterocycles. The van der Waals surface area contributed by atoms with E-state index in [1.54, 1.807) is 0 Å². The molecule has 0 aliphatic carbocycles. The van der Waals surface area contributed by atoms with E-state index in [0.717, 1.165) is 49.3 Å². The van der Waals surface area contributed by atoms with Gasteiger partial charge in [-0.05, 0) is 48.2 Å². The topological polar surface area (TPSA) is 25.8 Å². The Hall–Kier alpha value is -2.30. The second kappa shape index (κ2) is 9.23. The molecular formula is C26H22Br2N2. The highest BCUT2D eigenvalue weighted by molar-refractivity contribution is 9.10. The lowest BCUT2D eigenvalue weighted by Crippen LogP contribution is -1.97. The van der Waals surface area contributed by atoms with Gasteiger partial charge in [-0.2, -0.15) is 0 Å². The highest BCUT2D eigenvalue weighted by Gasteiger charge is 2.11. The number of nitrogens with zero attached hydrogens (tertiary/aromatic N) is 2. The van der Waals surface area contributed by atoms with Gasteiger partial charge < -0.3 is 0 Å². The fourth-order valence-electron chi connectivity index (χ4n) is 3.37. The van der Waals surface area contributed by atoms with E-state index in [9.17, 15) is 0 Å². The molecule has 0 unspecified atom stereocenters. The van der Waals surface area contributed by atoms with Crippen LogP contribution in [0.3, 0.4) is 0 Å². The Bertz CT molecular complexity index is 1070. The molecule has 0 fully saturated rings. The van der Waals surface area contributed by atoms with Gasteiger partial charge in [0.2, 0.25) is 0 Å². The molecule has 0 saturated heterocycles. The predicted molar refractivity (Wildman–Crippen MR) is 132 cm³/mol. The first kappa shape index (κ1) is 21.0. The third-order valence-electron chi connectivity index (χ3n) is 4.86. The fourth-order valence-corrected chi connectivity index (χ4v) is 3.90. The number of halogens is 2. The normalized spacial score (nSPS) is 11.1. The van der Waals surface area contributed by atoms with Gasteiger partial charge in [-0.25, -0.2) is 9.97 Å². The number of rotatable bonds is 5. The van der Waals surface area contributed by atoms with Crippen LogP contribution in [0.5, 0.6) is 0 Å². The molecule has 3 aromatic carbocycles. The van der Waals surface area contributed by atoms with E-state index in [0.29, 0.717) is 5.92 Å². The van der Waals surface area contributed by atoms with Gasteiger partial charge in [0.25, 0.3) is 0 Å². The Morgan fingerprint density at radius 3 is 1.53 bits per heavy atom. The van der Waals surface area contributed by atoms with Crippen molar-refractivity contribution >= 4 is 31.9 Å². The van der Waals surface area contributed by atoms with Crippen molar-refractivity contribution in [1.29, 1.82) is 0 Å². The van der Waals surface area contributed by atoms with Crippen LogP contribution in [0.4, 0.5) is 0 Å². The Labute approximate surface area is 194 Å². The van der Waals surface area contributed by atoms with Gasteiger partial charge in [0.15, 0.2) is 5.82 Å². The molecule has 4 aromatic rings. The van der Waals surface area contributed by atoms with E-state index < -0.39 is 0 Å². The zero-order valence-corrected chi connectivity index (χ0v) is 20.1. The molecule has 0 atom stereocenters. The summed E-state index contributed by atoms with van der Waals surface area (Å²) >= 11 is 7.02. The summed E-state index contributed by atoms with van der Waals surface area (Å²) in [5.74, 6) is 1.37. The molecule has 2 nitrogen and oxygen atoms in total. The molecule has 4 heteroatoms. The zero-order chi connectivity index (χ0) is 21.1. The van der Waals surface area contributed by atoms with Crippen LogP contribution in [0.25, 0.3) is 33.9 Å². The SMILES string of the molecule is CC(C)Cc1ccc(-c2cc(-c3ccc(Br)cc3)nc(-c3ccc(Br)cc3)n2)cc1. The van der Waals surface area contributed by atoms with Crippen LogP contribution in [0, 0.1) is 5.92 Å². The lowest BCUT2D eigenvalue weighted by Gasteiger charge is -2.11. The van der Waals surface area contributed by atoms with Crippen molar-refractivity contribution in [3.05, 3.63) is 93.4 Å².